The van der Waals surface area contributed by atoms with Crippen LogP contribution < -0.4 is 0 Å². The van der Waals surface area contributed by atoms with Crippen LogP contribution in [0.1, 0.15) is 11.5 Å². The largest absolute Gasteiger partial charge is 0.334 e. The van der Waals surface area contributed by atoms with E-state index in [1.54, 1.807) is 0 Å². The van der Waals surface area contributed by atoms with Gasteiger partial charge in [-0.2, -0.15) is 0 Å². The molecular weight excluding hydrogens is 224 g/mol. The van der Waals surface area contributed by atoms with Crippen molar-refractivity contribution in [2.45, 2.75) is 19.9 Å². The second-order valence-electron chi connectivity index (χ2n) is 4.54. The molecule has 2 aromatic rings. The Morgan fingerprint density at radius 1 is 1.17 bits per heavy atom. The number of hydrogen-bond acceptors (Lipinski definition) is 3. The summed E-state index contributed by atoms with van der Waals surface area (Å²) in [6.07, 6.45) is 6.73. The van der Waals surface area contributed by atoms with Crippen LogP contribution in [0.3, 0.4) is 0 Å². The van der Waals surface area contributed by atoms with Gasteiger partial charge in [0.15, 0.2) is 0 Å². The van der Waals surface area contributed by atoms with Crippen molar-refractivity contribution in [3.63, 3.8) is 0 Å². The number of rotatable bonds is 6. The summed E-state index contributed by atoms with van der Waals surface area (Å²) in [6.45, 7) is 5.09. The third-order valence-electron chi connectivity index (χ3n) is 3.12. The van der Waals surface area contributed by atoms with Crippen LogP contribution in [0.25, 0.3) is 0 Å². The van der Waals surface area contributed by atoms with Crippen LogP contribution in [0.5, 0.6) is 0 Å². The lowest BCUT2D eigenvalue weighted by Gasteiger charge is -2.17. The average Bonchev–Trinajstić information content (AvgIpc) is 2.81. The lowest BCUT2D eigenvalue weighted by molar-refractivity contribution is 0.320. The van der Waals surface area contributed by atoms with Gasteiger partial charge in [-0.3, -0.25) is 4.98 Å². The van der Waals surface area contributed by atoms with Crippen molar-refractivity contribution >= 4 is 0 Å². The number of imidazole rings is 1. The number of aromatic nitrogens is 3. The summed E-state index contributed by atoms with van der Waals surface area (Å²) in [7, 11) is 2.15. The normalized spacial score (nSPS) is 11.1. The lowest BCUT2D eigenvalue weighted by Crippen LogP contribution is -2.25. The molecule has 0 unspecified atom stereocenters. The molecule has 0 aromatic carbocycles. The van der Waals surface area contributed by atoms with Crippen molar-refractivity contribution < 1.29 is 0 Å². The van der Waals surface area contributed by atoms with Gasteiger partial charge in [-0.1, -0.05) is 6.07 Å². The molecule has 0 spiro atoms. The van der Waals surface area contributed by atoms with E-state index in [1.165, 1.54) is 0 Å². The van der Waals surface area contributed by atoms with Crippen LogP contribution >= 0.6 is 0 Å². The minimum absolute atomic E-state index is 0.991. The smallest absolute Gasteiger partial charge is 0.105 e. The Morgan fingerprint density at radius 3 is 2.72 bits per heavy atom. The van der Waals surface area contributed by atoms with Gasteiger partial charge < -0.3 is 9.47 Å². The van der Waals surface area contributed by atoms with Gasteiger partial charge >= 0.3 is 0 Å². The van der Waals surface area contributed by atoms with E-state index in [1.807, 2.05) is 37.6 Å². The van der Waals surface area contributed by atoms with E-state index in [0.717, 1.165) is 37.6 Å². The highest BCUT2D eigenvalue weighted by Crippen LogP contribution is 1.99. The second kappa shape index (κ2) is 6.31. The molecular formula is C14H20N4. The monoisotopic (exact) mass is 244 g/mol. The Kier molecular flexibility index (Phi) is 4.47. The van der Waals surface area contributed by atoms with Gasteiger partial charge in [0, 0.05) is 50.3 Å². The Bertz CT molecular complexity index is 464. The van der Waals surface area contributed by atoms with Crippen molar-refractivity contribution in [1.82, 2.24) is 19.4 Å². The quantitative estimate of drug-likeness (QED) is 0.776. The van der Waals surface area contributed by atoms with Crippen LogP contribution in [-0.4, -0.2) is 39.6 Å². The van der Waals surface area contributed by atoms with Crippen molar-refractivity contribution in [3.8, 4) is 0 Å². The maximum atomic E-state index is 4.33. The van der Waals surface area contributed by atoms with Crippen molar-refractivity contribution in [1.29, 1.82) is 0 Å². The first-order chi connectivity index (χ1) is 8.75. The highest BCUT2D eigenvalue weighted by atomic mass is 15.1. The fraction of sp³-hybridized carbons (Fsp3) is 0.429. The molecule has 0 fully saturated rings. The van der Waals surface area contributed by atoms with E-state index in [0.29, 0.717) is 0 Å². The Morgan fingerprint density at radius 2 is 2.06 bits per heavy atom. The molecule has 4 nitrogen and oxygen atoms in total. The number of nitrogens with zero attached hydrogens (tertiary/aromatic N) is 4. The van der Waals surface area contributed by atoms with Crippen molar-refractivity contribution in [2.24, 2.45) is 0 Å². The summed E-state index contributed by atoms with van der Waals surface area (Å²) in [5.41, 5.74) is 1.16. The molecule has 0 aliphatic rings. The fourth-order valence-electron chi connectivity index (χ4n) is 1.88. The van der Waals surface area contributed by atoms with E-state index in [4.69, 9.17) is 0 Å². The standard InChI is InChI=1S/C14H20N4/c1-13-15-8-10-18(13)12-11-17(2)9-6-14-5-3-4-7-16-14/h3-5,7-8,10H,6,9,11-12H2,1-2H3. The fourth-order valence-corrected chi connectivity index (χ4v) is 1.88. The molecule has 0 aliphatic carbocycles. The molecule has 0 N–H and O–H groups in total. The van der Waals surface area contributed by atoms with E-state index in [2.05, 4.69) is 32.5 Å². The van der Waals surface area contributed by atoms with Crippen LogP contribution in [0.2, 0.25) is 0 Å². The van der Waals surface area contributed by atoms with Gasteiger partial charge in [-0.15, -0.1) is 0 Å². The molecule has 96 valence electrons. The summed E-state index contributed by atoms with van der Waals surface area (Å²) in [4.78, 5) is 10.9. The molecule has 0 amide bonds. The van der Waals surface area contributed by atoms with Crippen LogP contribution in [-0.2, 0) is 13.0 Å². The lowest BCUT2D eigenvalue weighted by atomic mass is 10.2. The van der Waals surface area contributed by atoms with E-state index in [9.17, 15) is 0 Å². The summed E-state index contributed by atoms with van der Waals surface area (Å²) in [5.74, 6) is 1.08. The number of likely N-dealkylation sites (N-methyl/N-ethyl adjacent to an activating group) is 1. The maximum absolute atomic E-state index is 4.33. The van der Waals surface area contributed by atoms with Crippen LogP contribution in [0.4, 0.5) is 0 Å². The highest BCUT2D eigenvalue weighted by Gasteiger charge is 2.02. The highest BCUT2D eigenvalue weighted by molar-refractivity contribution is 5.03. The van der Waals surface area contributed by atoms with Gasteiger partial charge in [0.25, 0.3) is 0 Å². The third-order valence-corrected chi connectivity index (χ3v) is 3.12. The van der Waals surface area contributed by atoms with Gasteiger partial charge in [-0.25, -0.2) is 4.98 Å². The van der Waals surface area contributed by atoms with Gasteiger partial charge in [0.2, 0.25) is 0 Å². The molecule has 4 heteroatoms. The number of hydrogen-bond donors (Lipinski definition) is 0. The van der Waals surface area contributed by atoms with Crippen LogP contribution in [0, 0.1) is 6.92 Å². The molecule has 0 saturated heterocycles. The third kappa shape index (κ3) is 3.67. The maximum Gasteiger partial charge on any atom is 0.105 e. The first-order valence-corrected chi connectivity index (χ1v) is 6.32. The minimum atomic E-state index is 0.991. The molecule has 0 aliphatic heterocycles. The SMILES string of the molecule is Cc1nccn1CCN(C)CCc1ccccn1. The zero-order valence-corrected chi connectivity index (χ0v) is 11.1. The Labute approximate surface area is 108 Å². The molecule has 0 bridgehead atoms. The average molecular weight is 244 g/mol. The van der Waals surface area contributed by atoms with Gasteiger partial charge in [-0.05, 0) is 26.1 Å². The second-order valence-corrected chi connectivity index (χ2v) is 4.54. The number of aryl methyl sites for hydroxylation is 1. The van der Waals surface area contributed by atoms with E-state index >= 15 is 0 Å². The summed E-state index contributed by atoms with van der Waals surface area (Å²) in [6, 6.07) is 6.07. The van der Waals surface area contributed by atoms with Crippen molar-refractivity contribution in [2.75, 3.05) is 20.1 Å². The predicted molar refractivity (Wildman–Crippen MR) is 72.4 cm³/mol. The summed E-state index contributed by atoms with van der Waals surface area (Å²) < 4.78 is 2.18. The van der Waals surface area contributed by atoms with Gasteiger partial charge in [0.05, 0.1) is 0 Å². The van der Waals surface area contributed by atoms with E-state index < -0.39 is 0 Å². The first-order valence-electron chi connectivity index (χ1n) is 6.32. The Hall–Kier alpha value is -1.68. The molecule has 2 heterocycles. The molecule has 0 atom stereocenters. The first kappa shape index (κ1) is 12.8. The topological polar surface area (TPSA) is 34.0 Å². The van der Waals surface area contributed by atoms with Crippen molar-refractivity contribution in [3.05, 3.63) is 48.3 Å². The molecule has 0 saturated carbocycles. The van der Waals surface area contributed by atoms with Gasteiger partial charge in [0.1, 0.15) is 5.82 Å². The van der Waals surface area contributed by atoms with E-state index in [-0.39, 0.29) is 0 Å². The Balaban J connectivity index is 1.73. The summed E-state index contributed by atoms with van der Waals surface area (Å²) in [5, 5.41) is 0. The zero-order chi connectivity index (χ0) is 12.8. The number of pyridine rings is 1. The minimum Gasteiger partial charge on any atom is -0.334 e. The van der Waals surface area contributed by atoms with Crippen LogP contribution in [0.15, 0.2) is 36.8 Å². The molecule has 2 rings (SSSR count). The molecule has 2 aromatic heterocycles. The molecule has 18 heavy (non-hydrogen) atoms. The molecule has 0 radical (unpaired) electrons. The predicted octanol–water partition coefficient (Wildman–Crippen LogP) is 1.76. The summed E-state index contributed by atoms with van der Waals surface area (Å²) >= 11 is 0. The zero-order valence-electron chi connectivity index (χ0n) is 11.1.